The van der Waals surface area contributed by atoms with Gasteiger partial charge in [-0.2, -0.15) is 5.10 Å². The van der Waals surface area contributed by atoms with Crippen molar-refractivity contribution in [2.75, 3.05) is 6.54 Å². The van der Waals surface area contributed by atoms with Crippen molar-refractivity contribution in [2.45, 2.75) is 45.7 Å². The number of aryl methyl sites for hydroxylation is 1. The molecule has 0 spiro atoms. The molecule has 1 N–H and O–H groups in total. The lowest BCUT2D eigenvalue weighted by atomic mass is 10.1. The maximum Gasteiger partial charge on any atom is 0.138 e. The van der Waals surface area contributed by atoms with Crippen molar-refractivity contribution in [3.63, 3.8) is 0 Å². The average Bonchev–Trinajstić information content (AvgIpc) is 2.92. The van der Waals surface area contributed by atoms with Crippen LogP contribution in [0.15, 0.2) is 24.7 Å². The zero-order valence-electron chi connectivity index (χ0n) is 12.6. The lowest BCUT2D eigenvalue weighted by Crippen LogP contribution is -2.26. The summed E-state index contributed by atoms with van der Waals surface area (Å²) in [5.74, 6) is 0.965. The third-order valence-electron chi connectivity index (χ3n) is 3.28. The van der Waals surface area contributed by atoms with Gasteiger partial charge >= 0.3 is 0 Å². The molecule has 0 saturated heterocycles. The molecule has 0 bridgehead atoms. The van der Waals surface area contributed by atoms with Crippen LogP contribution in [0.1, 0.15) is 44.2 Å². The Kier molecular flexibility index (Phi) is 6.14. The number of hydrogen-bond acceptors (Lipinski definition) is 4. The normalized spacial score (nSPS) is 12.5. The van der Waals surface area contributed by atoms with E-state index >= 15 is 0 Å². The van der Waals surface area contributed by atoms with Gasteiger partial charge in [0, 0.05) is 19.2 Å². The van der Waals surface area contributed by atoms with Gasteiger partial charge in [0.15, 0.2) is 0 Å². The third kappa shape index (κ3) is 4.25. The van der Waals surface area contributed by atoms with Gasteiger partial charge in [-0.15, -0.1) is 0 Å². The molecule has 2 rings (SSSR count). The molecule has 2 aromatic rings. The number of aromatic nitrogens is 4. The van der Waals surface area contributed by atoms with Gasteiger partial charge in [-0.05, 0) is 31.5 Å². The Morgan fingerprint density at radius 1 is 1.29 bits per heavy atom. The molecule has 1 unspecified atom stereocenters. The van der Waals surface area contributed by atoms with Crippen LogP contribution >= 0.6 is 11.6 Å². The van der Waals surface area contributed by atoms with Crippen LogP contribution in [0.3, 0.4) is 0 Å². The monoisotopic (exact) mass is 307 g/mol. The molecule has 21 heavy (non-hydrogen) atoms. The van der Waals surface area contributed by atoms with Gasteiger partial charge in [0.05, 0.1) is 16.8 Å². The van der Waals surface area contributed by atoms with Crippen molar-refractivity contribution in [3.05, 3.63) is 41.2 Å². The van der Waals surface area contributed by atoms with Gasteiger partial charge in [-0.3, -0.25) is 9.67 Å². The van der Waals surface area contributed by atoms with E-state index in [1.807, 2.05) is 16.8 Å². The molecule has 2 aromatic heterocycles. The minimum atomic E-state index is 0.0541. The Balaban J connectivity index is 2.20. The Morgan fingerprint density at radius 2 is 2.14 bits per heavy atom. The van der Waals surface area contributed by atoms with Gasteiger partial charge in [0.2, 0.25) is 0 Å². The highest BCUT2D eigenvalue weighted by atomic mass is 35.5. The molecule has 0 amide bonds. The molecule has 0 aliphatic carbocycles. The zero-order chi connectivity index (χ0) is 15.1. The van der Waals surface area contributed by atoms with E-state index in [1.54, 1.807) is 12.5 Å². The summed E-state index contributed by atoms with van der Waals surface area (Å²) in [5.41, 5.74) is 0.874. The van der Waals surface area contributed by atoms with Crippen molar-refractivity contribution >= 4 is 11.6 Å². The first kappa shape index (κ1) is 15.9. The molecule has 0 saturated carbocycles. The SMILES string of the molecule is CCCNC(Cc1ncnn1CCC)c1ncccc1Cl. The maximum atomic E-state index is 6.29. The largest absolute Gasteiger partial charge is 0.308 e. The van der Waals surface area contributed by atoms with Crippen LogP contribution in [0, 0.1) is 0 Å². The number of rotatable bonds is 8. The van der Waals surface area contributed by atoms with Crippen molar-refractivity contribution in [1.82, 2.24) is 25.1 Å². The highest BCUT2D eigenvalue weighted by Crippen LogP contribution is 2.23. The van der Waals surface area contributed by atoms with Crippen LogP contribution in [-0.2, 0) is 13.0 Å². The van der Waals surface area contributed by atoms with Gasteiger partial charge in [-0.25, -0.2) is 4.98 Å². The molecule has 0 aliphatic heterocycles. The molecule has 0 aliphatic rings. The molecule has 6 heteroatoms. The molecule has 1 atom stereocenters. The fourth-order valence-electron chi connectivity index (χ4n) is 2.27. The van der Waals surface area contributed by atoms with Gasteiger partial charge in [-0.1, -0.05) is 25.4 Å². The van der Waals surface area contributed by atoms with Crippen molar-refractivity contribution < 1.29 is 0 Å². The van der Waals surface area contributed by atoms with Crippen molar-refractivity contribution in [3.8, 4) is 0 Å². The summed E-state index contributed by atoms with van der Waals surface area (Å²) in [4.78, 5) is 8.81. The highest BCUT2D eigenvalue weighted by molar-refractivity contribution is 6.31. The lowest BCUT2D eigenvalue weighted by Gasteiger charge is -2.19. The molecule has 0 radical (unpaired) electrons. The van der Waals surface area contributed by atoms with Crippen LogP contribution in [-0.4, -0.2) is 26.3 Å². The Morgan fingerprint density at radius 3 is 2.86 bits per heavy atom. The van der Waals surface area contributed by atoms with E-state index in [0.29, 0.717) is 5.02 Å². The number of pyridine rings is 1. The first-order valence-corrected chi connectivity index (χ1v) is 7.84. The van der Waals surface area contributed by atoms with E-state index in [2.05, 4.69) is 34.2 Å². The van der Waals surface area contributed by atoms with E-state index in [0.717, 1.165) is 43.9 Å². The smallest absolute Gasteiger partial charge is 0.138 e. The highest BCUT2D eigenvalue weighted by Gasteiger charge is 2.18. The molecular formula is C15H22ClN5. The van der Waals surface area contributed by atoms with Crippen LogP contribution in [0.4, 0.5) is 0 Å². The van der Waals surface area contributed by atoms with E-state index in [4.69, 9.17) is 11.6 Å². The number of halogens is 1. The second kappa shape index (κ2) is 8.10. The summed E-state index contributed by atoms with van der Waals surface area (Å²) in [6.07, 6.45) is 6.22. The summed E-state index contributed by atoms with van der Waals surface area (Å²) in [6, 6.07) is 3.78. The maximum absolute atomic E-state index is 6.29. The average molecular weight is 308 g/mol. The van der Waals surface area contributed by atoms with E-state index in [1.165, 1.54) is 0 Å². The van der Waals surface area contributed by atoms with Gasteiger partial charge < -0.3 is 5.32 Å². The molecule has 0 aromatic carbocycles. The fourth-order valence-corrected chi connectivity index (χ4v) is 2.52. The molecule has 5 nitrogen and oxygen atoms in total. The third-order valence-corrected chi connectivity index (χ3v) is 3.60. The van der Waals surface area contributed by atoms with Crippen molar-refractivity contribution in [2.24, 2.45) is 0 Å². The Bertz CT molecular complexity index is 555. The molecule has 2 heterocycles. The lowest BCUT2D eigenvalue weighted by molar-refractivity contribution is 0.481. The number of nitrogens with one attached hydrogen (secondary N) is 1. The van der Waals surface area contributed by atoms with Crippen molar-refractivity contribution in [1.29, 1.82) is 0 Å². The topological polar surface area (TPSA) is 55.6 Å². The second-order valence-electron chi connectivity index (χ2n) is 4.98. The first-order chi connectivity index (χ1) is 10.3. The summed E-state index contributed by atoms with van der Waals surface area (Å²) < 4.78 is 1.96. The molecular weight excluding hydrogens is 286 g/mol. The van der Waals surface area contributed by atoms with Crippen LogP contribution < -0.4 is 5.32 Å². The number of hydrogen-bond donors (Lipinski definition) is 1. The molecule has 114 valence electrons. The predicted octanol–water partition coefficient (Wildman–Crippen LogP) is 3.02. The summed E-state index contributed by atoms with van der Waals surface area (Å²) >= 11 is 6.29. The standard InChI is InChI=1S/C15H22ClN5/c1-3-7-17-13(15-12(16)6-5-8-18-15)10-14-19-11-20-21(14)9-4-2/h5-6,8,11,13,17H,3-4,7,9-10H2,1-2H3. The minimum Gasteiger partial charge on any atom is -0.308 e. The van der Waals surface area contributed by atoms with Gasteiger partial charge in [0.1, 0.15) is 12.2 Å². The van der Waals surface area contributed by atoms with E-state index in [-0.39, 0.29) is 6.04 Å². The zero-order valence-corrected chi connectivity index (χ0v) is 13.3. The van der Waals surface area contributed by atoms with E-state index < -0.39 is 0 Å². The Labute approximate surface area is 130 Å². The second-order valence-corrected chi connectivity index (χ2v) is 5.39. The summed E-state index contributed by atoms with van der Waals surface area (Å²) in [5, 5.41) is 8.47. The van der Waals surface area contributed by atoms with E-state index in [9.17, 15) is 0 Å². The van der Waals surface area contributed by atoms with Crippen LogP contribution in [0.5, 0.6) is 0 Å². The fraction of sp³-hybridized carbons (Fsp3) is 0.533. The minimum absolute atomic E-state index is 0.0541. The summed E-state index contributed by atoms with van der Waals surface area (Å²) in [6.45, 7) is 6.07. The van der Waals surface area contributed by atoms with Crippen LogP contribution in [0.2, 0.25) is 5.02 Å². The first-order valence-electron chi connectivity index (χ1n) is 7.46. The quantitative estimate of drug-likeness (QED) is 0.814. The van der Waals surface area contributed by atoms with Gasteiger partial charge in [0.25, 0.3) is 0 Å². The summed E-state index contributed by atoms with van der Waals surface area (Å²) in [7, 11) is 0. The van der Waals surface area contributed by atoms with Crippen LogP contribution in [0.25, 0.3) is 0 Å². The molecule has 0 fully saturated rings. The predicted molar refractivity (Wildman–Crippen MR) is 84.3 cm³/mol. The number of nitrogens with zero attached hydrogens (tertiary/aromatic N) is 4. The Hall–Kier alpha value is -1.46.